The van der Waals surface area contributed by atoms with Crippen LogP contribution >= 0.6 is 0 Å². The average molecular weight is 333 g/mol. The highest BCUT2D eigenvalue weighted by Gasteiger charge is 2.22. The first-order valence-corrected chi connectivity index (χ1v) is 7.30. The van der Waals surface area contributed by atoms with E-state index in [1.807, 2.05) is 20.8 Å². The van der Waals surface area contributed by atoms with Gasteiger partial charge in [-0.25, -0.2) is 0 Å². The average Bonchev–Trinajstić information content (AvgIpc) is 2.80. The van der Waals surface area contributed by atoms with Crippen LogP contribution in [0.2, 0.25) is 0 Å². The highest BCUT2D eigenvalue weighted by molar-refractivity contribution is 5.73. The molecule has 0 radical (unpaired) electrons. The summed E-state index contributed by atoms with van der Waals surface area (Å²) in [4.78, 5) is 25.8. The van der Waals surface area contributed by atoms with E-state index in [1.54, 1.807) is 31.3 Å². The number of carbonyl (C=O) groups excluding carboxylic acids is 1. The van der Waals surface area contributed by atoms with Gasteiger partial charge in [-0.2, -0.15) is 0 Å². The van der Waals surface area contributed by atoms with Crippen LogP contribution < -0.4 is 4.74 Å². The van der Waals surface area contributed by atoms with Crippen molar-refractivity contribution in [3.8, 4) is 11.6 Å². The number of rotatable bonds is 5. The second kappa shape index (κ2) is 6.69. The lowest BCUT2D eigenvalue weighted by atomic mass is 10.1. The molecule has 1 heterocycles. The number of ether oxygens (including phenoxy) is 2. The van der Waals surface area contributed by atoms with Gasteiger partial charge in [-0.15, -0.1) is 0 Å². The van der Waals surface area contributed by atoms with Crippen LogP contribution in [0.4, 0.5) is 5.82 Å². The van der Waals surface area contributed by atoms with Crippen LogP contribution in [-0.4, -0.2) is 26.0 Å². The smallest absolute Gasteiger partial charge is 0.427 e. The Morgan fingerprint density at radius 3 is 2.46 bits per heavy atom. The van der Waals surface area contributed by atoms with Gasteiger partial charge in [0.1, 0.15) is 11.4 Å². The number of carbonyl (C=O) groups is 1. The number of hydrogen-bond acceptors (Lipinski definition) is 6. The molecule has 0 aliphatic rings. The molecule has 1 aromatic heterocycles. The van der Waals surface area contributed by atoms with Crippen molar-refractivity contribution in [2.24, 2.45) is 7.05 Å². The molecule has 0 N–H and O–H groups in total. The second-order valence-corrected chi connectivity index (χ2v) is 6.25. The Morgan fingerprint density at radius 1 is 1.29 bits per heavy atom. The first-order chi connectivity index (χ1) is 11.2. The predicted molar refractivity (Wildman–Crippen MR) is 85.9 cm³/mol. The number of aryl methyl sites for hydroxylation is 1. The standard InChI is InChI=1S/C16H19N3O5/c1-16(2,3)24-13(20)9-11-5-7-12(8-6-11)23-15-14(19(21)22)17-10-18(15)4/h5-8,10H,9H2,1-4H3. The Kier molecular flexibility index (Phi) is 4.87. The van der Waals surface area contributed by atoms with Gasteiger partial charge in [0.25, 0.3) is 0 Å². The first kappa shape index (κ1) is 17.5. The molecule has 0 atom stereocenters. The van der Waals surface area contributed by atoms with Gasteiger partial charge >= 0.3 is 17.7 Å². The van der Waals surface area contributed by atoms with Gasteiger partial charge in [0.2, 0.25) is 6.33 Å². The minimum Gasteiger partial charge on any atom is -0.460 e. The molecule has 0 unspecified atom stereocenters. The van der Waals surface area contributed by atoms with Crippen molar-refractivity contribution in [3.05, 3.63) is 46.3 Å². The molecule has 8 heteroatoms. The third kappa shape index (κ3) is 4.55. The summed E-state index contributed by atoms with van der Waals surface area (Å²) >= 11 is 0. The fourth-order valence-electron chi connectivity index (χ4n) is 1.98. The minimum atomic E-state index is -0.605. The quantitative estimate of drug-likeness (QED) is 0.474. The summed E-state index contributed by atoms with van der Waals surface area (Å²) in [7, 11) is 1.60. The van der Waals surface area contributed by atoms with E-state index in [-0.39, 0.29) is 24.1 Å². The van der Waals surface area contributed by atoms with E-state index in [1.165, 1.54) is 10.9 Å². The number of imidazole rings is 1. The molecule has 0 fully saturated rings. The molecule has 24 heavy (non-hydrogen) atoms. The van der Waals surface area contributed by atoms with Crippen molar-refractivity contribution in [2.45, 2.75) is 32.8 Å². The zero-order valence-corrected chi connectivity index (χ0v) is 14.0. The molecule has 128 valence electrons. The van der Waals surface area contributed by atoms with Crippen LogP contribution in [0.15, 0.2) is 30.6 Å². The molecule has 0 amide bonds. The lowest BCUT2D eigenvalue weighted by Crippen LogP contribution is -2.24. The van der Waals surface area contributed by atoms with E-state index in [9.17, 15) is 14.9 Å². The van der Waals surface area contributed by atoms with Gasteiger partial charge in [0, 0.05) is 7.05 Å². The molecule has 0 aliphatic heterocycles. The molecule has 0 aliphatic carbocycles. The number of hydrogen-bond donors (Lipinski definition) is 0. The molecule has 0 saturated heterocycles. The van der Waals surface area contributed by atoms with E-state index in [0.717, 1.165) is 5.56 Å². The highest BCUT2D eigenvalue weighted by atomic mass is 16.6. The maximum Gasteiger partial charge on any atom is 0.427 e. The van der Waals surface area contributed by atoms with Crippen molar-refractivity contribution in [1.82, 2.24) is 9.55 Å². The van der Waals surface area contributed by atoms with Crippen molar-refractivity contribution < 1.29 is 19.2 Å². The number of aromatic nitrogens is 2. The summed E-state index contributed by atoms with van der Waals surface area (Å²) in [5.41, 5.74) is 0.231. The monoisotopic (exact) mass is 333 g/mol. The lowest BCUT2D eigenvalue weighted by molar-refractivity contribution is -0.390. The van der Waals surface area contributed by atoms with Crippen LogP contribution in [0, 0.1) is 10.1 Å². The number of esters is 1. The molecule has 8 nitrogen and oxygen atoms in total. The van der Waals surface area contributed by atoms with Crippen LogP contribution in [0.5, 0.6) is 11.6 Å². The molecule has 2 aromatic rings. The zero-order valence-electron chi connectivity index (χ0n) is 14.0. The molecule has 2 rings (SSSR count). The van der Waals surface area contributed by atoms with Gasteiger partial charge in [0.05, 0.1) is 6.42 Å². The van der Waals surface area contributed by atoms with Crippen molar-refractivity contribution in [3.63, 3.8) is 0 Å². The topological polar surface area (TPSA) is 96.5 Å². The largest absolute Gasteiger partial charge is 0.460 e. The van der Waals surface area contributed by atoms with E-state index < -0.39 is 10.5 Å². The predicted octanol–water partition coefficient (Wildman–Crippen LogP) is 3.00. The van der Waals surface area contributed by atoms with Gasteiger partial charge in [-0.3, -0.25) is 9.36 Å². The summed E-state index contributed by atoms with van der Waals surface area (Å²) < 4.78 is 12.2. The third-order valence-corrected chi connectivity index (χ3v) is 2.94. The van der Waals surface area contributed by atoms with Gasteiger partial charge in [-0.1, -0.05) is 12.1 Å². The van der Waals surface area contributed by atoms with Crippen LogP contribution in [-0.2, 0) is 23.0 Å². The van der Waals surface area contributed by atoms with Gasteiger partial charge < -0.3 is 19.6 Å². The fraction of sp³-hybridized carbons (Fsp3) is 0.375. The Bertz CT molecular complexity index is 744. The van der Waals surface area contributed by atoms with Crippen LogP contribution in [0.3, 0.4) is 0 Å². The maximum absolute atomic E-state index is 11.8. The van der Waals surface area contributed by atoms with E-state index in [4.69, 9.17) is 9.47 Å². The van der Waals surface area contributed by atoms with E-state index in [2.05, 4.69) is 4.98 Å². The summed E-state index contributed by atoms with van der Waals surface area (Å²) in [6, 6.07) is 6.69. The molecule has 1 aromatic carbocycles. The SMILES string of the molecule is Cn1cnc([N+](=O)[O-])c1Oc1ccc(CC(=O)OC(C)(C)C)cc1. The zero-order chi connectivity index (χ0) is 17.9. The maximum atomic E-state index is 11.8. The Hall–Kier alpha value is -2.90. The van der Waals surface area contributed by atoms with Gasteiger partial charge in [-0.05, 0) is 48.4 Å². The molecular weight excluding hydrogens is 314 g/mol. The number of nitrogens with zero attached hydrogens (tertiary/aromatic N) is 3. The molecule has 0 saturated carbocycles. The van der Waals surface area contributed by atoms with Crippen molar-refractivity contribution in [2.75, 3.05) is 0 Å². The van der Waals surface area contributed by atoms with Crippen molar-refractivity contribution in [1.29, 1.82) is 0 Å². The normalized spacial score (nSPS) is 11.2. The number of benzene rings is 1. The Morgan fingerprint density at radius 2 is 1.92 bits per heavy atom. The second-order valence-electron chi connectivity index (χ2n) is 6.25. The van der Waals surface area contributed by atoms with E-state index in [0.29, 0.717) is 5.75 Å². The number of nitro groups is 1. The Balaban J connectivity index is 2.07. The Labute approximate surface area is 139 Å². The van der Waals surface area contributed by atoms with Crippen LogP contribution in [0.25, 0.3) is 0 Å². The fourth-order valence-corrected chi connectivity index (χ4v) is 1.98. The lowest BCUT2D eigenvalue weighted by Gasteiger charge is -2.19. The molecular formula is C16H19N3O5. The van der Waals surface area contributed by atoms with Gasteiger partial charge in [0.15, 0.2) is 0 Å². The molecule has 0 bridgehead atoms. The summed E-state index contributed by atoms with van der Waals surface area (Å²) in [5.74, 6) is -0.219. The third-order valence-electron chi connectivity index (χ3n) is 2.94. The van der Waals surface area contributed by atoms with Crippen molar-refractivity contribution >= 4 is 11.8 Å². The van der Waals surface area contributed by atoms with E-state index >= 15 is 0 Å². The minimum absolute atomic E-state index is 0.0416. The van der Waals surface area contributed by atoms with Crippen LogP contribution in [0.1, 0.15) is 26.3 Å². The first-order valence-electron chi connectivity index (χ1n) is 7.30. The molecule has 0 spiro atoms. The summed E-state index contributed by atoms with van der Waals surface area (Å²) in [6.07, 6.45) is 1.45. The highest BCUT2D eigenvalue weighted by Crippen LogP contribution is 2.29. The summed E-state index contributed by atoms with van der Waals surface area (Å²) in [6.45, 7) is 5.42. The summed E-state index contributed by atoms with van der Waals surface area (Å²) in [5, 5.41) is 10.9.